The SMILES string of the molecule is Cc1ccc(N(C)C(=O)C#Cc2ccccc2)c(I)c1. The Morgan fingerprint density at radius 3 is 2.50 bits per heavy atom. The second-order valence-electron chi connectivity index (χ2n) is 4.44. The van der Waals surface area contributed by atoms with Crippen LogP contribution in [0.15, 0.2) is 48.5 Å². The monoisotopic (exact) mass is 375 g/mol. The van der Waals surface area contributed by atoms with Crippen molar-refractivity contribution in [3.05, 3.63) is 63.2 Å². The van der Waals surface area contributed by atoms with Crippen molar-refractivity contribution in [2.24, 2.45) is 0 Å². The average molecular weight is 375 g/mol. The topological polar surface area (TPSA) is 20.3 Å². The van der Waals surface area contributed by atoms with Crippen LogP contribution in [0.2, 0.25) is 0 Å². The molecule has 0 bridgehead atoms. The van der Waals surface area contributed by atoms with Gasteiger partial charge >= 0.3 is 5.91 Å². The zero-order chi connectivity index (χ0) is 14.5. The summed E-state index contributed by atoms with van der Waals surface area (Å²) in [6.07, 6.45) is 0. The van der Waals surface area contributed by atoms with Crippen molar-refractivity contribution in [3.63, 3.8) is 0 Å². The highest BCUT2D eigenvalue weighted by molar-refractivity contribution is 14.1. The number of carbonyl (C=O) groups excluding carboxylic acids is 1. The molecule has 0 aliphatic rings. The quantitative estimate of drug-likeness (QED) is 0.551. The summed E-state index contributed by atoms with van der Waals surface area (Å²) in [6, 6.07) is 15.5. The molecule has 0 spiro atoms. The standard InChI is InChI=1S/C17H14INO/c1-13-8-10-16(15(18)12-13)19(2)17(20)11-9-14-6-4-3-5-7-14/h3-8,10,12H,1-2H3. The Morgan fingerprint density at radius 2 is 1.85 bits per heavy atom. The lowest BCUT2D eigenvalue weighted by Crippen LogP contribution is -2.25. The van der Waals surface area contributed by atoms with Gasteiger partial charge in [-0.05, 0) is 59.3 Å². The van der Waals surface area contributed by atoms with E-state index in [1.807, 2.05) is 55.5 Å². The first-order valence-corrected chi connectivity index (χ1v) is 7.27. The van der Waals surface area contributed by atoms with Gasteiger partial charge < -0.3 is 4.90 Å². The van der Waals surface area contributed by atoms with Crippen molar-refractivity contribution in [1.29, 1.82) is 0 Å². The van der Waals surface area contributed by atoms with Crippen molar-refractivity contribution < 1.29 is 4.79 Å². The number of hydrogen-bond donors (Lipinski definition) is 0. The maximum atomic E-state index is 12.1. The van der Waals surface area contributed by atoms with E-state index >= 15 is 0 Å². The fraction of sp³-hybridized carbons (Fsp3) is 0.118. The van der Waals surface area contributed by atoms with Crippen molar-refractivity contribution in [1.82, 2.24) is 0 Å². The van der Waals surface area contributed by atoms with E-state index < -0.39 is 0 Å². The van der Waals surface area contributed by atoms with Crippen LogP contribution in [0.1, 0.15) is 11.1 Å². The van der Waals surface area contributed by atoms with Gasteiger partial charge in [0, 0.05) is 22.1 Å². The number of aryl methyl sites for hydroxylation is 1. The van der Waals surface area contributed by atoms with Crippen LogP contribution in [0.4, 0.5) is 5.69 Å². The minimum Gasteiger partial charge on any atom is -0.304 e. The maximum Gasteiger partial charge on any atom is 0.303 e. The molecule has 2 aromatic rings. The molecule has 0 heterocycles. The predicted octanol–water partition coefficient (Wildman–Crippen LogP) is 3.61. The summed E-state index contributed by atoms with van der Waals surface area (Å²) in [7, 11) is 1.74. The Bertz CT molecular complexity index is 683. The van der Waals surface area contributed by atoms with Crippen LogP contribution in [-0.4, -0.2) is 13.0 Å². The molecule has 0 N–H and O–H groups in total. The van der Waals surface area contributed by atoms with E-state index in [1.165, 1.54) is 5.56 Å². The van der Waals surface area contributed by atoms with Gasteiger partial charge in [-0.2, -0.15) is 0 Å². The number of anilines is 1. The molecule has 0 aliphatic carbocycles. The fourth-order valence-electron chi connectivity index (χ4n) is 1.72. The molecule has 0 atom stereocenters. The number of amides is 1. The van der Waals surface area contributed by atoms with E-state index in [0.29, 0.717) is 0 Å². The lowest BCUT2D eigenvalue weighted by molar-refractivity contribution is -0.113. The molecule has 100 valence electrons. The van der Waals surface area contributed by atoms with Gasteiger partial charge in [0.2, 0.25) is 0 Å². The van der Waals surface area contributed by atoms with Crippen LogP contribution in [0.25, 0.3) is 0 Å². The molecule has 2 aromatic carbocycles. The van der Waals surface area contributed by atoms with E-state index in [-0.39, 0.29) is 5.91 Å². The van der Waals surface area contributed by atoms with Gasteiger partial charge in [-0.25, -0.2) is 0 Å². The molecule has 0 radical (unpaired) electrons. The second kappa shape index (κ2) is 6.58. The Hall–Kier alpha value is -1.80. The van der Waals surface area contributed by atoms with Gasteiger partial charge in [-0.15, -0.1) is 0 Å². The molecule has 1 amide bonds. The van der Waals surface area contributed by atoms with E-state index in [1.54, 1.807) is 11.9 Å². The summed E-state index contributed by atoms with van der Waals surface area (Å²) in [5.41, 5.74) is 2.89. The Kier molecular flexibility index (Phi) is 4.80. The Labute approximate surface area is 132 Å². The van der Waals surface area contributed by atoms with E-state index in [4.69, 9.17) is 0 Å². The maximum absolute atomic E-state index is 12.1. The molecule has 0 saturated heterocycles. The Balaban J connectivity index is 2.19. The normalized spacial score (nSPS) is 9.55. The van der Waals surface area contributed by atoms with Gasteiger partial charge in [0.05, 0.1) is 5.69 Å². The molecule has 0 aromatic heterocycles. The number of nitrogens with zero attached hydrogens (tertiary/aromatic N) is 1. The first-order chi connectivity index (χ1) is 9.58. The highest BCUT2D eigenvalue weighted by atomic mass is 127. The molecule has 0 aliphatic heterocycles. The number of carbonyl (C=O) groups is 1. The molecule has 0 fully saturated rings. The highest BCUT2D eigenvalue weighted by Crippen LogP contribution is 2.22. The largest absolute Gasteiger partial charge is 0.304 e. The van der Waals surface area contributed by atoms with Gasteiger partial charge in [0.1, 0.15) is 0 Å². The van der Waals surface area contributed by atoms with Gasteiger partial charge in [-0.1, -0.05) is 30.2 Å². The number of benzene rings is 2. The van der Waals surface area contributed by atoms with Crippen molar-refractivity contribution in [2.75, 3.05) is 11.9 Å². The summed E-state index contributed by atoms with van der Waals surface area (Å²) in [5, 5.41) is 0. The first-order valence-electron chi connectivity index (χ1n) is 6.19. The molecular formula is C17H14INO. The summed E-state index contributed by atoms with van der Waals surface area (Å²) in [4.78, 5) is 13.7. The van der Waals surface area contributed by atoms with Crippen LogP contribution < -0.4 is 4.90 Å². The summed E-state index contributed by atoms with van der Waals surface area (Å²) in [5.74, 6) is 5.34. The van der Waals surface area contributed by atoms with E-state index in [2.05, 4.69) is 34.4 Å². The van der Waals surface area contributed by atoms with Crippen LogP contribution in [-0.2, 0) is 4.79 Å². The van der Waals surface area contributed by atoms with Crippen LogP contribution >= 0.6 is 22.6 Å². The first kappa shape index (κ1) is 14.6. The average Bonchev–Trinajstić information content (AvgIpc) is 2.45. The molecule has 3 heteroatoms. The van der Waals surface area contributed by atoms with Crippen molar-refractivity contribution >= 4 is 34.2 Å². The number of halogens is 1. The molecule has 0 saturated carbocycles. The van der Waals surface area contributed by atoms with E-state index in [9.17, 15) is 4.79 Å². The predicted molar refractivity (Wildman–Crippen MR) is 90.6 cm³/mol. The smallest absolute Gasteiger partial charge is 0.303 e. The van der Waals surface area contributed by atoms with Crippen molar-refractivity contribution in [2.45, 2.75) is 6.92 Å². The van der Waals surface area contributed by atoms with Gasteiger partial charge in [0.15, 0.2) is 0 Å². The van der Waals surface area contributed by atoms with Crippen molar-refractivity contribution in [3.8, 4) is 11.8 Å². The number of hydrogen-bond acceptors (Lipinski definition) is 1. The lowest BCUT2D eigenvalue weighted by Gasteiger charge is -2.16. The molecule has 20 heavy (non-hydrogen) atoms. The van der Waals surface area contributed by atoms with Crippen LogP contribution in [0.5, 0.6) is 0 Å². The molecule has 2 nitrogen and oxygen atoms in total. The third-order valence-electron chi connectivity index (χ3n) is 2.86. The lowest BCUT2D eigenvalue weighted by atomic mass is 10.2. The summed E-state index contributed by atoms with van der Waals surface area (Å²) < 4.78 is 1.04. The molecular weight excluding hydrogens is 361 g/mol. The minimum atomic E-state index is -0.212. The molecule has 0 unspecified atom stereocenters. The number of rotatable bonds is 1. The summed E-state index contributed by atoms with van der Waals surface area (Å²) >= 11 is 2.23. The summed E-state index contributed by atoms with van der Waals surface area (Å²) in [6.45, 7) is 2.03. The zero-order valence-electron chi connectivity index (χ0n) is 11.4. The Morgan fingerprint density at radius 1 is 1.15 bits per heavy atom. The highest BCUT2D eigenvalue weighted by Gasteiger charge is 2.11. The van der Waals surface area contributed by atoms with Crippen LogP contribution in [0, 0.1) is 22.3 Å². The third-order valence-corrected chi connectivity index (χ3v) is 3.72. The minimum absolute atomic E-state index is 0.212. The van der Waals surface area contributed by atoms with E-state index in [0.717, 1.165) is 14.8 Å². The fourth-order valence-corrected chi connectivity index (χ4v) is 2.76. The third kappa shape index (κ3) is 3.61. The second-order valence-corrected chi connectivity index (χ2v) is 5.60. The van der Waals surface area contributed by atoms with Gasteiger partial charge in [-0.3, -0.25) is 4.79 Å². The van der Waals surface area contributed by atoms with Gasteiger partial charge in [0.25, 0.3) is 0 Å². The van der Waals surface area contributed by atoms with Crippen LogP contribution in [0.3, 0.4) is 0 Å². The molecule has 2 rings (SSSR count). The zero-order valence-corrected chi connectivity index (χ0v) is 13.5.